The molecule has 0 bridgehead atoms. The predicted octanol–water partition coefficient (Wildman–Crippen LogP) is 1.22. The first-order valence-corrected chi connectivity index (χ1v) is 8.42. The normalized spacial score (nSPS) is 11.7. The van der Waals surface area contributed by atoms with E-state index in [1.54, 1.807) is 0 Å². The van der Waals surface area contributed by atoms with Crippen molar-refractivity contribution in [3.8, 4) is 0 Å². The van der Waals surface area contributed by atoms with Gasteiger partial charge in [-0.05, 0) is 34.0 Å². The summed E-state index contributed by atoms with van der Waals surface area (Å²) in [6, 6.07) is 2.25. The highest BCUT2D eigenvalue weighted by Gasteiger charge is 2.22. The minimum absolute atomic E-state index is 0.0628. The molecule has 0 fully saturated rings. The number of sulfonamides is 1. The molecule has 1 aromatic carbocycles. The zero-order chi connectivity index (χ0) is 16.2. The van der Waals surface area contributed by atoms with E-state index in [-0.39, 0.29) is 16.1 Å². The van der Waals surface area contributed by atoms with E-state index in [2.05, 4.69) is 21.2 Å². The van der Waals surface area contributed by atoms with Crippen LogP contribution in [0.3, 0.4) is 0 Å². The topological polar surface area (TPSA) is 101 Å². The standard InChI is InChI=1S/C12H17BrFN3O3S/c1-7(2)5-16-11(18)6-17-21(19,20)10-4-8(15)3-9(13)12(10)14/h3-4,7,17H,5-6,15H2,1-2H3,(H,16,18). The molecule has 1 amide bonds. The molecule has 21 heavy (non-hydrogen) atoms. The Bertz CT molecular complexity index is 635. The summed E-state index contributed by atoms with van der Waals surface area (Å²) in [5.74, 6) is -1.21. The highest BCUT2D eigenvalue weighted by molar-refractivity contribution is 9.10. The summed E-state index contributed by atoms with van der Waals surface area (Å²) in [5, 5.41) is 2.55. The average Bonchev–Trinajstić information content (AvgIpc) is 2.38. The first-order valence-electron chi connectivity index (χ1n) is 6.14. The number of halogens is 2. The van der Waals surface area contributed by atoms with Crippen molar-refractivity contribution in [3.63, 3.8) is 0 Å². The molecule has 0 saturated heterocycles. The quantitative estimate of drug-likeness (QED) is 0.644. The Balaban J connectivity index is 2.81. The maximum Gasteiger partial charge on any atom is 0.244 e. The third kappa shape index (κ3) is 5.25. The second-order valence-corrected chi connectivity index (χ2v) is 7.43. The summed E-state index contributed by atoms with van der Waals surface area (Å²) in [7, 11) is -4.17. The van der Waals surface area contributed by atoms with Crippen molar-refractivity contribution >= 4 is 37.5 Å². The van der Waals surface area contributed by atoms with Gasteiger partial charge in [-0.25, -0.2) is 17.5 Å². The first-order chi connectivity index (χ1) is 9.63. The minimum Gasteiger partial charge on any atom is -0.399 e. The van der Waals surface area contributed by atoms with Crippen molar-refractivity contribution < 1.29 is 17.6 Å². The fraction of sp³-hybridized carbons (Fsp3) is 0.417. The molecule has 0 spiro atoms. The van der Waals surface area contributed by atoms with Gasteiger partial charge in [-0.1, -0.05) is 13.8 Å². The lowest BCUT2D eigenvalue weighted by Gasteiger charge is -2.11. The first kappa shape index (κ1) is 17.9. The average molecular weight is 382 g/mol. The molecule has 0 unspecified atom stereocenters. The van der Waals surface area contributed by atoms with E-state index in [4.69, 9.17) is 5.73 Å². The van der Waals surface area contributed by atoms with Gasteiger partial charge in [0.25, 0.3) is 0 Å². The summed E-state index contributed by atoms with van der Waals surface area (Å²) < 4.78 is 39.8. The lowest BCUT2D eigenvalue weighted by Crippen LogP contribution is -2.38. The molecule has 0 heterocycles. The monoisotopic (exact) mass is 381 g/mol. The van der Waals surface area contributed by atoms with Crippen LogP contribution in [-0.4, -0.2) is 27.4 Å². The van der Waals surface area contributed by atoms with Crippen LogP contribution in [0.15, 0.2) is 21.5 Å². The van der Waals surface area contributed by atoms with Gasteiger partial charge in [-0.15, -0.1) is 0 Å². The highest BCUT2D eigenvalue weighted by Crippen LogP contribution is 2.25. The summed E-state index contributed by atoms with van der Waals surface area (Å²) >= 11 is 2.88. The van der Waals surface area contributed by atoms with E-state index >= 15 is 0 Å². The number of amides is 1. The smallest absolute Gasteiger partial charge is 0.244 e. The van der Waals surface area contributed by atoms with Crippen molar-refractivity contribution in [2.75, 3.05) is 18.8 Å². The zero-order valence-electron chi connectivity index (χ0n) is 11.6. The zero-order valence-corrected chi connectivity index (χ0v) is 14.0. The van der Waals surface area contributed by atoms with Crippen LogP contribution >= 0.6 is 15.9 Å². The molecule has 0 radical (unpaired) electrons. The molecule has 9 heteroatoms. The highest BCUT2D eigenvalue weighted by atomic mass is 79.9. The number of hydrogen-bond donors (Lipinski definition) is 3. The number of carbonyl (C=O) groups excluding carboxylic acids is 1. The molecule has 0 aromatic heterocycles. The van der Waals surface area contributed by atoms with Crippen LogP contribution in [0.1, 0.15) is 13.8 Å². The fourth-order valence-electron chi connectivity index (χ4n) is 1.40. The number of rotatable bonds is 6. The van der Waals surface area contributed by atoms with Gasteiger partial charge in [-0.2, -0.15) is 0 Å². The molecule has 0 aliphatic rings. The van der Waals surface area contributed by atoms with Crippen LogP contribution in [-0.2, 0) is 14.8 Å². The second-order valence-electron chi connectivity index (χ2n) is 4.84. The molecule has 0 aliphatic heterocycles. The van der Waals surface area contributed by atoms with Gasteiger partial charge in [0.05, 0.1) is 11.0 Å². The Kier molecular flexibility index (Phi) is 6.11. The Hall–Kier alpha value is -1.19. The lowest BCUT2D eigenvalue weighted by molar-refractivity contribution is -0.120. The molecule has 1 aromatic rings. The molecule has 4 N–H and O–H groups in total. The van der Waals surface area contributed by atoms with Crippen LogP contribution in [0, 0.1) is 11.7 Å². The molecular weight excluding hydrogens is 365 g/mol. The number of benzene rings is 1. The van der Waals surface area contributed by atoms with E-state index < -0.39 is 33.2 Å². The third-order valence-electron chi connectivity index (χ3n) is 2.44. The minimum atomic E-state index is -4.17. The number of anilines is 1. The maximum absolute atomic E-state index is 13.8. The summed E-state index contributed by atoms with van der Waals surface area (Å²) in [6.45, 7) is 3.77. The Morgan fingerprint density at radius 2 is 2.05 bits per heavy atom. The number of nitrogens with two attached hydrogens (primary N) is 1. The number of hydrogen-bond acceptors (Lipinski definition) is 4. The van der Waals surface area contributed by atoms with Crippen LogP contribution in [0.25, 0.3) is 0 Å². The van der Waals surface area contributed by atoms with Gasteiger partial charge in [0, 0.05) is 12.2 Å². The van der Waals surface area contributed by atoms with E-state index in [1.165, 1.54) is 6.07 Å². The van der Waals surface area contributed by atoms with Crippen molar-refractivity contribution in [2.24, 2.45) is 5.92 Å². The Morgan fingerprint density at radius 1 is 1.43 bits per heavy atom. The van der Waals surface area contributed by atoms with E-state index in [0.29, 0.717) is 6.54 Å². The molecule has 0 atom stereocenters. The maximum atomic E-state index is 13.8. The van der Waals surface area contributed by atoms with E-state index in [9.17, 15) is 17.6 Å². The number of nitrogens with one attached hydrogen (secondary N) is 2. The van der Waals surface area contributed by atoms with Crippen LogP contribution in [0.5, 0.6) is 0 Å². The summed E-state index contributed by atoms with van der Waals surface area (Å²) in [5.41, 5.74) is 5.58. The number of carbonyl (C=O) groups is 1. The third-order valence-corrected chi connectivity index (χ3v) is 4.41. The predicted molar refractivity (Wildman–Crippen MR) is 81.5 cm³/mol. The van der Waals surface area contributed by atoms with Gasteiger partial charge in [-0.3, -0.25) is 4.79 Å². The lowest BCUT2D eigenvalue weighted by atomic mass is 10.2. The Morgan fingerprint density at radius 3 is 2.62 bits per heavy atom. The van der Waals surface area contributed by atoms with Crippen molar-refractivity contribution in [2.45, 2.75) is 18.7 Å². The van der Waals surface area contributed by atoms with Crippen molar-refractivity contribution in [3.05, 3.63) is 22.4 Å². The van der Waals surface area contributed by atoms with Gasteiger partial charge in [0.15, 0.2) is 5.82 Å². The molecular formula is C12H17BrFN3O3S. The summed E-state index contributed by atoms with van der Waals surface area (Å²) in [6.07, 6.45) is 0. The fourth-order valence-corrected chi connectivity index (χ4v) is 3.12. The largest absolute Gasteiger partial charge is 0.399 e. The van der Waals surface area contributed by atoms with Crippen LogP contribution < -0.4 is 15.8 Å². The molecule has 6 nitrogen and oxygen atoms in total. The van der Waals surface area contributed by atoms with Crippen molar-refractivity contribution in [1.82, 2.24) is 10.0 Å². The van der Waals surface area contributed by atoms with Gasteiger partial charge in [0.2, 0.25) is 15.9 Å². The van der Waals surface area contributed by atoms with E-state index in [0.717, 1.165) is 6.07 Å². The van der Waals surface area contributed by atoms with Crippen molar-refractivity contribution in [1.29, 1.82) is 0 Å². The van der Waals surface area contributed by atoms with Gasteiger partial charge >= 0.3 is 0 Å². The molecule has 0 aliphatic carbocycles. The number of nitrogen functional groups attached to an aromatic ring is 1. The second kappa shape index (κ2) is 7.19. The molecule has 0 saturated carbocycles. The summed E-state index contributed by atoms with van der Waals surface area (Å²) in [4.78, 5) is 10.9. The Labute approximate surface area is 131 Å². The van der Waals surface area contributed by atoms with Crippen LogP contribution in [0.4, 0.5) is 10.1 Å². The van der Waals surface area contributed by atoms with E-state index in [1.807, 2.05) is 18.6 Å². The van der Waals surface area contributed by atoms with Gasteiger partial charge < -0.3 is 11.1 Å². The SMILES string of the molecule is CC(C)CNC(=O)CNS(=O)(=O)c1cc(N)cc(Br)c1F. The molecule has 1 rings (SSSR count). The van der Waals surface area contributed by atoms with Gasteiger partial charge in [0.1, 0.15) is 4.90 Å². The molecule has 118 valence electrons. The van der Waals surface area contributed by atoms with Crippen LogP contribution in [0.2, 0.25) is 0 Å².